The minimum atomic E-state index is -3.88. The Balaban J connectivity index is 2.44. The summed E-state index contributed by atoms with van der Waals surface area (Å²) in [6.45, 7) is 3.58. The average Bonchev–Trinajstić information content (AvgIpc) is 2.35. The highest BCUT2D eigenvalue weighted by molar-refractivity contribution is 7.88. The van der Waals surface area contributed by atoms with Crippen LogP contribution in [-0.2, 0) is 14.9 Å². The monoisotopic (exact) mass is 326 g/mol. The van der Waals surface area contributed by atoms with Crippen LogP contribution in [0.4, 0.5) is 4.79 Å². The van der Waals surface area contributed by atoms with Gasteiger partial charge < -0.3 is 4.74 Å². The molecule has 0 aliphatic heterocycles. The van der Waals surface area contributed by atoms with Crippen LogP contribution in [0.25, 0.3) is 0 Å². The van der Waals surface area contributed by atoms with Crippen LogP contribution in [-0.4, -0.2) is 33.0 Å². The van der Waals surface area contributed by atoms with Gasteiger partial charge in [-0.05, 0) is 38.5 Å². The van der Waals surface area contributed by atoms with Crippen molar-refractivity contribution in [3.63, 3.8) is 0 Å². The second-order valence-corrected chi connectivity index (χ2v) is 7.18. The van der Waals surface area contributed by atoms with Gasteiger partial charge in [-0.2, -0.15) is 13.1 Å². The first-order chi connectivity index (χ1) is 9.34. The minimum absolute atomic E-state index is 0.221. The maximum atomic E-state index is 11.7. The van der Waals surface area contributed by atoms with Crippen molar-refractivity contribution in [2.24, 2.45) is 11.8 Å². The van der Waals surface area contributed by atoms with Crippen molar-refractivity contribution in [2.75, 3.05) is 12.4 Å². The number of rotatable bonds is 6. The summed E-state index contributed by atoms with van der Waals surface area (Å²) >= 11 is 5.90. The number of carbonyl (C=O) groups excluding carboxylic acids is 1. The summed E-state index contributed by atoms with van der Waals surface area (Å²) in [5, 5.41) is 0. The van der Waals surface area contributed by atoms with Crippen molar-refractivity contribution < 1.29 is 17.9 Å². The molecule has 6 nitrogen and oxygen atoms in total. The van der Waals surface area contributed by atoms with Gasteiger partial charge in [-0.15, -0.1) is 11.6 Å². The number of hydrogen-bond donors (Lipinski definition) is 2. The van der Waals surface area contributed by atoms with E-state index in [1.165, 1.54) is 0 Å². The van der Waals surface area contributed by atoms with Crippen LogP contribution in [0.5, 0.6) is 0 Å². The van der Waals surface area contributed by atoms with Gasteiger partial charge >= 0.3 is 16.3 Å². The molecule has 0 bridgehead atoms. The molecule has 2 unspecified atom stereocenters. The van der Waals surface area contributed by atoms with Gasteiger partial charge in [0.25, 0.3) is 0 Å². The van der Waals surface area contributed by atoms with E-state index in [9.17, 15) is 13.2 Å². The van der Waals surface area contributed by atoms with Crippen LogP contribution in [0.15, 0.2) is 0 Å². The smallest absolute Gasteiger partial charge is 0.422 e. The number of nitrogens with one attached hydrogen (secondary N) is 2. The van der Waals surface area contributed by atoms with Crippen molar-refractivity contribution in [3.8, 4) is 0 Å². The molecule has 1 amide bonds. The number of halogens is 1. The summed E-state index contributed by atoms with van der Waals surface area (Å²) in [6, 6.07) is 0. The highest BCUT2D eigenvalue weighted by atomic mass is 35.5. The quantitative estimate of drug-likeness (QED) is 0.731. The van der Waals surface area contributed by atoms with E-state index in [0.717, 1.165) is 25.7 Å². The Hall–Kier alpha value is -0.530. The van der Waals surface area contributed by atoms with Crippen LogP contribution in [0.2, 0.25) is 0 Å². The molecule has 1 saturated carbocycles. The lowest BCUT2D eigenvalue weighted by atomic mass is 9.80. The Morgan fingerprint density at radius 3 is 2.45 bits per heavy atom. The fraction of sp³-hybridized carbons (Fsp3) is 0.917. The molecule has 0 radical (unpaired) electrons. The molecular weight excluding hydrogens is 304 g/mol. The molecule has 1 aliphatic carbocycles. The number of ether oxygens (including phenoxy) is 1. The summed E-state index contributed by atoms with van der Waals surface area (Å²) in [4.78, 5) is 11.3. The third-order valence-electron chi connectivity index (χ3n) is 3.36. The Morgan fingerprint density at radius 1 is 1.30 bits per heavy atom. The van der Waals surface area contributed by atoms with Crippen molar-refractivity contribution >= 4 is 27.9 Å². The van der Waals surface area contributed by atoms with E-state index in [1.807, 2.05) is 4.72 Å². The molecular formula is C12H23ClN2O4S. The molecule has 1 rings (SSSR count). The number of amides is 1. The van der Waals surface area contributed by atoms with E-state index in [2.05, 4.69) is 4.72 Å². The lowest BCUT2D eigenvalue weighted by Crippen LogP contribution is -2.44. The van der Waals surface area contributed by atoms with Gasteiger partial charge in [0, 0.05) is 12.4 Å². The Labute approximate surface area is 125 Å². The van der Waals surface area contributed by atoms with Crippen molar-refractivity contribution in [2.45, 2.75) is 45.6 Å². The summed E-state index contributed by atoms with van der Waals surface area (Å²) in [5.41, 5.74) is 0. The molecule has 20 heavy (non-hydrogen) atoms. The summed E-state index contributed by atoms with van der Waals surface area (Å²) in [7, 11) is -3.88. The third-order valence-corrected chi connectivity index (χ3v) is 4.74. The predicted molar refractivity (Wildman–Crippen MR) is 77.8 cm³/mol. The molecule has 2 atom stereocenters. The van der Waals surface area contributed by atoms with Crippen molar-refractivity contribution in [3.05, 3.63) is 0 Å². The van der Waals surface area contributed by atoms with Gasteiger partial charge in [0.2, 0.25) is 0 Å². The molecule has 0 spiro atoms. The molecule has 2 N–H and O–H groups in total. The Kier molecular flexibility index (Phi) is 7.05. The third kappa shape index (κ3) is 6.28. The summed E-state index contributed by atoms with van der Waals surface area (Å²) in [5.74, 6) is 1.09. The van der Waals surface area contributed by atoms with E-state index in [1.54, 1.807) is 13.8 Å². The molecule has 0 aromatic heterocycles. The van der Waals surface area contributed by atoms with Gasteiger partial charge in [-0.25, -0.2) is 9.52 Å². The fourth-order valence-corrected chi connectivity index (χ4v) is 3.54. The van der Waals surface area contributed by atoms with Crippen LogP contribution in [0, 0.1) is 11.8 Å². The second kappa shape index (κ2) is 8.05. The zero-order valence-electron chi connectivity index (χ0n) is 11.9. The van der Waals surface area contributed by atoms with Gasteiger partial charge in [0.1, 0.15) is 0 Å². The first-order valence-electron chi connectivity index (χ1n) is 6.88. The lowest BCUT2D eigenvalue weighted by Gasteiger charge is -2.30. The SMILES string of the molecule is CC(C)OC(=O)NS(=O)(=O)NCC1CCCCC1CCl. The molecule has 0 aromatic carbocycles. The molecule has 1 fully saturated rings. The second-order valence-electron chi connectivity index (χ2n) is 5.37. The first kappa shape index (κ1) is 17.5. The lowest BCUT2D eigenvalue weighted by molar-refractivity contribution is 0.121. The first-order valence-corrected chi connectivity index (χ1v) is 8.90. The Bertz CT molecular complexity index is 414. The highest BCUT2D eigenvalue weighted by Crippen LogP contribution is 2.30. The van der Waals surface area contributed by atoms with Crippen molar-refractivity contribution in [1.29, 1.82) is 0 Å². The molecule has 0 saturated heterocycles. The van der Waals surface area contributed by atoms with E-state index >= 15 is 0 Å². The van der Waals surface area contributed by atoms with Gasteiger partial charge in [0.05, 0.1) is 6.10 Å². The van der Waals surface area contributed by atoms with E-state index in [-0.39, 0.29) is 12.0 Å². The van der Waals surface area contributed by atoms with Crippen LogP contribution in [0.1, 0.15) is 39.5 Å². The van der Waals surface area contributed by atoms with E-state index in [4.69, 9.17) is 16.3 Å². The Morgan fingerprint density at radius 2 is 1.90 bits per heavy atom. The molecule has 118 valence electrons. The van der Waals surface area contributed by atoms with Crippen molar-refractivity contribution in [1.82, 2.24) is 9.44 Å². The predicted octanol–water partition coefficient (Wildman–Crippen LogP) is 2.00. The summed E-state index contributed by atoms with van der Waals surface area (Å²) < 4.78 is 32.4. The zero-order valence-corrected chi connectivity index (χ0v) is 13.5. The fourth-order valence-electron chi connectivity index (χ4n) is 2.36. The molecule has 0 aromatic rings. The maximum Gasteiger partial charge on any atom is 0.422 e. The van der Waals surface area contributed by atoms with Crippen LogP contribution in [0.3, 0.4) is 0 Å². The van der Waals surface area contributed by atoms with Gasteiger partial charge in [0.15, 0.2) is 0 Å². The highest BCUT2D eigenvalue weighted by Gasteiger charge is 2.26. The minimum Gasteiger partial charge on any atom is -0.446 e. The molecule has 0 heterocycles. The van der Waals surface area contributed by atoms with Crippen LogP contribution >= 0.6 is 11.6 Å². The maximum absolute atomic E-state index is 11.7. The topological polar surface area (TPSA) is 84.5 Å². The average molecular weight is 327 g/mol. The summed E-state index contributed by atoms with van der Waals surface area (Å²) in [6.07, 6.45) is 2.87. The van der Waals surface area contributed by atoms with Crippen LogP contribution < -0.4 is 9.44 Å². The van der Waals surface area contributed by atoms with Gasteiger partial charge in [-0.1, -0.05) is 12.8 Å². The van der Waals surface area contributed by atoms with E-state index < -0.39 is 16.3 Å². The largest absolute Gasteiger partial charge is 0.446 e. The number of carbonyl (C=O) groups is 1. The zero-order chi connectivity index (χ0) is 15.2. The van der Waals surface area contributed by atoms with E-state index in [0.29, 0.717) is 18.3 Å². The molecule has 1 aliphatic rings. The normalized spacial score (nSPS) is 23.6. The number of hydrogen-bond acceptors (Lipinski definition) is 4. The number of alkyl halides is 1. The standard InChI is InChI=1S/C12H23ClN2O4S/c1-9(2)19-12(16)15-20(17,18)14-8-11-6-4-3-5-10(11)7-13/h9-11,14H,3-8H2,1-2H3,(H,15,16). The van der Waals surface area contributed by atoms with Gasteiger partial charge in [-0.3, -0.25) is 0 Å². The molecule has 8 heteroatoms.